The number of ether oxygens (including phenoxy) is 4. The summed E-state index contributed by atoms with van der Waals surface area (Å²) in [6.45, 7) is 2.80. The molecule has 14 nitrogen and oxygen atoms in total. The molecule has 14 heteroatoms. The van der Waals surface area contributed by atoms with Crippen LogP contribution in [0.1, 0.15) is 322 Å². The van der Waals surface area contributed by atoms with Gasteiger partial charge in [0.05, 0.1) is 32.0 Å². The molecule has 2 fully saturated rings. The quantitative estimate of drug-likeness (QED) is 0.0204. The topological polar surface area (TPSA) is 228 Å². The van der Waals surface area contributed by atoms with Gasteiger partial charge in [-0.05, 0) is 83.5 Å². The zero-order chi connectivity index (χ0) is 66.6. The Labute approximate surface area is 561 Å². The van der Waals surface area contributed by atoms with Crippen molar-refractivity contribution in [3.8, 4) is 0 Å². The molecule has 0 spiro atoms. The standard InChI is InChI=1S/C78H141NO13/c1-3-5-7-9-11-13-15-17-19-21-23-25-26-27-28-29-30-31-32-33-34-35-36-37-38-39-40-42-44-46-48-50-52-54-56-58-60-62-70(83)79-66(67(82)61-59-57-55-53-51-49-47-45-43-41-24-22-20-18-16-14-12-10-8-6-4-2)65-89-77-75(88)73(86)76(69(64-81)91-77)92-78-74(87)72(85)71(84)68(63-80)90-78/h15,17,21,23,26-27,43,45,51,53,59,61,66-69,71-78,80-82,84-88H,3-14,16,18-20,22,24-25,28-42,44,46-50,52,54-58,60,62-65H2,1-2H3,(H,79,83)/b17-15-,23-21-,27-26-,45-43+,53-51+,61-59+. The molecular weight excluding hydrogens is 1160 g/mol. The first-order valence-corrected chi connectivity index (χ1v) is 38.2. The molecule has 0 aliphatic carbocycles. The Hall–Kier alpha value is -2.57. The second kappa shape index (κ2) is 62.0. The van der Waals surface area contributed by atoms with Crippen molar-refractivity contribution >= 4 is 5.91 Å². The van der Waals surface area contributed by atoms with E-state index in [0.29, 0.717) is 12.8 Å². The smallest absolute Gasteiger partial charge is 0.220 e. The first kappa shape index (κ1) is 85.5. The van der Waals surface area contributed by atoms with Gasteiger partial charge in [-0.25, -0.2) is 0 Å². The summed E-state index contributed by atoms with van der Waals surface area (Å²) in [5.41, 5.74) is 0. The lowest BCUT2D eigenvalue weighted by molar-refractivity contribution is -0.359. The first-order chi connectivity index (χ1) is 45.1. The number of rotatable bonds is 63. The first-order valence-electron chi connectivity index (χ1n) is 38.2. The van der Waals surface area contributed by atoms with Crippen LogP contribution in [0.3, 0.4) is 0 Å². The molecule has 12 atom stereocenters. The predicted molar refractivity (Wildman–Crippen MR) is 378 cm³/mol. The fourth-order valence-electron chi connectivity index (χ4n) is 12.3. The van der Waals surface area contributed by atoms with Crippen molar-refractivity contribution in [2.45, 2.75) is 396 Å². The molecule has 0 aromatic heterocycles. The van der Waals surface area contributed by atoms with Gasteiger partial charge >= 0.3 is 0 Å². The van der Waals surface area contributed by atoms with Gasteiger partial charge in [-0.15, -0.1) is 0 Å². The van der Waals surface area contributed by atoms with Gasteiger partial charge in [0, 0.05) is 6.42 Å². The summed E-state index contributed by atoms with van der Waals surface area (Å²) in [4.78, 5) is 13.3. The van der Waals surface area contributed by atoms with E-state index in [-0.39, 0.29) is 18.9 Å². The maximum absolute atomic E-state index is 13.3. The minimum Gasteiger partial charge on any atom is -0.394 e. The van der Waals surface area contributed by atoms with E-state index >= 15 is 0 Å². The highest BCUT2D eigenvalue weighted by Gasteiger charge is 2.51. The number of hydrogen-bond acceptors (Lipinski definition) is 13. The zero-order valence-electron chi connectivity index (χ0n) is 58.5. The summed E-state index contributed by atoms with van der Waals surface area (Å²) >= 11 is 0. The number of carbonyl (C=O) groups is 1. The van der Waals surface area contributed by atoms with Crippen LogP contribution in [-0.2, 0) is 23.7 Å². The van der Waals surface area contributed by atoms with Crippen LogP contribution in [0.5, 0.6) is 0 Å². The minimum atomic E-state index is -1.79. The van der Waals surface area contributed by atoms with Crippen LogP contribution in [0.25, 0.3) is 0 Å². The number of allylic oxidation sites excluding steroid dienone is 11. The van der Waals surface area contributed by atoms with Crippen LogP contribution in [0.2, 0.25) is 0 Å². The van der Waals surface area contributed by atoms with Crippen molar-refractivity contribution in [3.05, 3.63) is 72.9 Å². The lowest BCUT2D eigenvalue weighted by Gasteiger charge is -2.46. The van der Waals surface area contributed by atoms with Crippen LogP contribution in [-0.4, -0.2) is 140 Å². The summed E-state index contributed by atoms with van der Waals surface area (Å²) in [7, 11) is 0. The van der Waals surface area contributed by atoms with Gasteiger partial charge in [-0.3, -0.25) is 4.79 Å². The second-order valence-corrected chi connectivity index (χ2v) is 26.8. The predicted octanol–water partition coefficient (Wildman–Crippen LogP) is 16.6. The van der Waals surface area contributed by atoms with Crippen molar-refractivity contribution in [2.24, 2.45) is 0 Å². The molecule has 2 saturated heterocycles. The highest BCUT2D eigenvalue weighted by Crippen LogP contribution is 2.30. The maximum atomic E-state index is 13.3. The molecule has 2 heterocycles. The van der Waals surface area contributed by atoms with Gasteiger partial charge in [0.1, 0.15) is 48.8 Å². The molecule has 0 aromatic carbocycles. The van der Waals surface area contributed by atoms with Gasteiger partial charge in [0.2, 0.25) is 5.91 Å². The fourth-order valence-corrected chi connectivity index (χ4v) is 12.3. The molecule has 2 rings (SSSR count). The molecule has 0 bridgehead atoms. The Bertz CT molecular complexity index is 1820. The highest BCUT2D eigenvalue weighted by molar-refractivity contribution is 5.76. The summed E-state index contributed by atoms with van der Waals surface area (Å²) in [5.74, 6) is -0.249. The highest BCUT2D eigenvalue weighted by atomic mass is 16.7. The number of nitrogens with one attached hydrogen (secondary N) is 1. The number of hydrogen-bond donors (Lipinski definition) is 9. The van der Waals surface area contributed by atoms with Crippen molar-refractivity contribution in [2.75, 3.05) is 19.8 Å². The molecule has 0 radical (unpaired) electrons. The lowest BCUT2D eigenvalue weighted by atomic mass is 9.97. The average Bonchev–Trinajstić information content (AvgIpc) is 0.915. The van der Waals surface area contributed by atoms with Crippen LogP contribution >= 0.6 is 0 Å². The Balaban J connectivity index is 1.62. The van der Waals surface area contributed by atoms with Gasteiger partial charge < -0.3 is 65.1 Å². The Morgan fingerprint density at radius 2 is 0.728 bits per heavy atom. The zero-order valence-corrected chi connectivity index (χ0v) is 58.5. The normalized spacial score (nSPS) is 23.1. The van der Waals surface area contributed by atoms with Crippen LogP contribution in [0, 0.1) is 0 Å². The molecule has 9 N–H and O–H groups in total. The van der Waals surface area contributed by atoms with E-state index in [9.17, 15) is 45.6 Å². The summed E-state index contributed by atoms with van der Waals surface area (Å²) < 4.78 is 22.9. The molecule has 2 aliphatic heterocycles. The van der Waals surface area contributed by atoms with Crippen LogP contribution in [0.4, 0.5) is 0 Å². The van der Waals surface area contributed by atoms with E-state index in [0.717, 1.165) is 57.8 Å². The largest absolute Gasteiger partial charge is 0.394 e. The Morgan fingerprint density at radius 3 is 1.14 bits per heavy atom. The summed E-state index contributed by atoms with van der Waals surface area (Å²) in [6.07, 6.45) is 68.4. The SMILES string of the molecule is CCCCCCC/C=C\C/C=C\C/C=C\CCCCCCCCCCCCCCCCCCCCCCCCC(=O)NC(COC1OC(CO)C(OC2OC(CO)C(O)C(O)C2O)C(O)C1O)C(O)/C=C/CC/C=C/CC/C=C/CCCCCCCCCCCCC. The minimum absolute atomic E-state index is 0.249. The number of carbonyl (C=O) groups excluding carboxylic acids is 1. The van der Waals surface area contributed by atoms with Crippen LogP contribution in [0.15, 0.2) is 72.9 Å². The van der Waals surface area contributed by atoms with Crippen LogP contribution < -0.4 is 5.32 Å². The van der Waals surface area contributed by atoms with E-state index in [2.05, 4.69) is 79.9 Å². The van der Waals surface area contributed by atoms with Gasteiger partial charge in [0.25, 0.3) is 0 Å². The summed E-state index contributed by atoms with van der Waals surface area (Å²) in [5, 5.41) is 87.5. The summed E-state index contributed by atoms with van der Waals surface area (Å²) in [6, 6.07) is -0.940. The van der Waals surface area contributed by atoms with Crippen molar-refractivity contribution in [1.29, 1.82) is 0 Å². The van der Waals surface area contributed by atoms with Crippen molar-refractivity contribution < 1.29 is 64.6 Å². The third kappa shape index (κ3) is 45.0. The van der Waals surface area contributed by atoms with E-state index in [1.54, 1.807) is 6.08 Å². The Morgan fingerprint density at radius 1 is 0.391 bits per heavy atom. The maximum Gasteiger partial charge on any atom is 0.220 e. The third-order valence-electron chi connectivity index (χ3n) is 18.3. The number of aliphatic hydroxyl groups excluding tert-OH is 8. The number of aliphatic hydroxyl groups is 8. The molecule has 2 aliphatic rings. The van der Waals surface area contributed by atoms with E-state index in [1.165, 1.54) is 231 Å². The monoisotopic (exact) mass is 1300 g/mol. The molecule has 92 heavy (non-hydrogen) atoms. The number of amides is 1. The fraction of sp³-hybridized carbons (Fsp3) is 0.833. The third-order valence-corrected chi connectivity index (χ3v) is 18.3. The molecule has 1 amide bonds. The average molecular weight is 1300 g/mol. The van der Waals surface area contributed by atoms with E-state index < -0.39 is 86.8 Å². The van der Waals surface area contributed by atoms with Gasteiger partial charge in [-0.2, -0.15) is 0 Å². The van der Waals surface area contributed by atoms with Gasteiger partial charge in [0.15, 0.2) is 12.6 Å². The molecule has 12 unspecified atom stereocenters. The molecule has 0 saturated carbocycles. The van der Waals surface area contributed by atoms with Crippen molar-refractivity contribution in [3.63, 3.8) is 0 Å². The lowest BCUT2D eigenvalue weighted by Crippen LogP contribution is -2.65. The van der Waals surface area contributed by atoms with Gasteiger partial charge in [-0.1, -0.05) is 305 Å². The van der Waals surface area contributed by atoms with E-state index in [1.807, 2.05) is 6.08 Å². The van der Waals surface area contributed by atoms with Crippen molar-refractivity contribution in [1.82, 2.24) is 5.32 Å². The van der Waals surface area contributed by atoms with E-state index in [4.69, 9.17) is 18.9 Å². The molecule has 0 aromatic rings. The second-order valence-electron chi connectivity index (χ2n) is 26.8. The molecular formula is C78H141NO13. The Kier molecular flexibility index (Phi) is 57.6. The molecule has 536 valence electrons. The number of unbranched alkanes of at least 4 members (excludes halogenated alkanes) is 40.